The summed E-state index contributed by atoms with van der Waals surface area (Å²) in [6.07, 6.45) is 4.08. The van der Waals surface area contributed by atoms with E-state index in [1.165, 1.54) is 18.4 Å². The van der Waals surface area contributed by atoms with Crippen LogP contribution in [-0.4, -0.2) is 39.4 Å². The van der Waals surface area contributed by atoms with Crippen molar-refractivity contribution in [3.8, 4) is 0 Å². The standard InChI is InChI=1S/C20H25N4O2/c1-22-13-7-8-15-14-16(10-11-17(15)22)24(3)21-19(20(25)26-4)18-9-5-6-12-23(18)2/h5-6,9-12,14H,7-8,13H2,1-4H3/q+1. The van der Waals surface area contributed by atoms with Gasteiger partial charge >= 0.3 is 5.97 Å². The lowest BCUT2D eigenvalue weighted by molar-refractivity contribution is -0.672. The van der Waals surface area contributed by atoms with Gasteiger partial charge in [-0.05, 0) is 42.7 Å². The summed E-state index contributed by atoms with van der Waals surface area (Å²) in [6.45, 7) is 1.08. The quantitative estimate of drug-likeness (QED) is 0.365. The molecule has 0 amide bonds. The fraction of sp³-hybridized carbons (Fsp3) is 0.350. The molecule has 26 heavy (non-hydrogen) atoms. The molecule has 2 aromatic rings. The van der Waals surface area contributed by atoms with E-state index in [9.17, 15) is 4.79 Å². The van der Waals surface area contributed by atoms with Gasteiger partial charge in [-0.1, -0.05) is 0 Å². The summed E-state index contributed by atoms with van der Waals surface area (Å²) in [5.74, 6) is -0.462. The van der Waals surface area contributed by atoms with E-state index in [1.807, 2.05) is 49.1 Å². The lowest BCUT2D eigenvalue weighted by atomic mass is 10.0. The molecule has 0 atom stereocenters. The number of pyridine rings is 1. The van der Waals surface area contributed by atoms with E-state index in [4.69, 9.17) is 4.74 Å². The molecule has 0 saturated carbocycles. The fourth-order valence-corrected chi connectivity index (χ4v) is 3.24. The Morgan fingerprint density at radius 2 is 2.12 bits per heavy atom. The minimum atomic E-state index is -0.462. The summed E-state index contributed by atoms with van der Waals surface area (Å²) in [5, 5.41) is 6.29. The maximum Gasteiger partial charge on any atom is 0.365 e. The number of ether oxygens (including phenoxy) is 1. The molecule has 0 bridgehead atoms. The lowest BCUT2D eigenvalue weighted by Crippen LogP contribution is -2.39. The van der Waals surface area contributed by atoms with Gasteiger partial charge < -0.3 is 9.64 Å². The number of benzene rings is 1. The molecule has 0 spiro atoms. The van der Waals surface area contributed by atoms with Gasteiger partial charge in [0.15, 0.2) is 6.20 Å². The Hall–Kier alpha value is -2.89. The van der Waals surface area contributed by atoms with E-state index in [0.717, 1.165) is 25.1 Å². The average Bonchev–Trinajstić information content (AvgIpc) is 2.66. The zero-order chi connectivity index (χ0) is 18.7. The molecule has 1 aliphatic heterocycles. The van der Waals surface area contributed by atoms with Crippen molar-refractivity contribution >= 4 is 23.1 Å². The van der Waals surface area contributed by atoms with Gasteiger partial charge in [0.25, 0.3) is 0 Å². The van der Waals surface area contributed by atoms with E-state index in [0.29, 0.717) is 5.69 Å². The highest BCUT2D eigenvalue weighted by atomic mass is 16.5. The van der Waals surface area contributed by atoms with Crippen molar-refractivity contribution in [2.24, 2.45) is 12.1 Å². The van der Waals surface area contributed by atoms with Crippen molar-refractivity contribution in [1.82, 2.24) is 0 Å². The Balaban J connectivity index is 1.98. The second-order valence-corrected chi connectivity index (χ2v) is 6.50. The number of hydrazone groups is 1. The molecule has 6 heteroatoms. The Morgan fingerprint density at radius 1 is 1.31 bits per heavy atom. The molecule has 1 aromatic carbocycles. The number of methoxy groups -OCH3 is 1. The van der Waals surface area contributed by atoms with Crippen LogP contribution in [0, 0.1) is 0 Å². The number of aryl methyl sites for hydroxylation is 2. The van der Waals surface area contributed by atoms with Crippen LogP contribution in [0.1, 0.15) is 17.7 Å². The van der Waals surface area contributed by atoms with Gasteiger partial charge in [-0.3, -0.25) is 5.01 Å². The Morgan fingerprint density at radius 3 is 2.85 bits per heavy atom. The van der Waals surface area contributed by atoms with Gasteiger partial charge in [0.05, 0.1) is 12.8 Å². The number of nitrogens with zero attached hydrogens (tertiary/aromatic N) is 4. The van der Waals surface area contributed by atoms with Gasteiger partial charge in [0.2, 0.25) is 11.4 Å². The van der Waals surface area contributed by atoms with Crippen molar-refractivity contribution in [2.45, 2.75) is 12.8 Å². The van der Waals surface area contributed by atoms with E-state index in [-0.39, 0.29) is 5.71 Å². The van der Waals surface area contributed by atoms with Crippen LogP contribution in [0.15, 0.2) is 47.7 Å². The van der Waals surface area contributed by atoms with E-state index < -0.39 is 5.97 Å². The van der Waals surface area contributed by atoms with Gasteiger partial charge in [0, 0.05) is 38.5 Å². The number of hydrogen-bond donors (Lipinski definition) is 0. The minimum absolute atomic E-state index is 0.271. The van der Waals surface area contributed by atoms with Crippen molar-refractivity contribution in [1.29, 1.82) is 0 Å². The first kappa shape index (κ1) is 17.9. The predicted octanol–water partition coefficient (Wildman–Crippen LogP) is 1.91. The first-order chi connectivity index (χ1) is 12.5. The van der Waals surface area contributed by atoms with Crippen LogP contribution in [0.3, 0.4) is 0 Å². The van der Waals surface area contributed by atoms with Gasteiger partial charge in [-0.15, -0.1) is 0 Å². The zero-order valence-electron chi connectivity index (χ0n) is 15.8. The molecule has 0 N–H and O–H groups in total. The first-order valence-electron chi connectivity index (χ1n) is 8.71. The molecule has 2 heterocycles. The highest BCUT2D eigenvalue weighted by Gasteiger charge is 2.24. The van der Waals surface area contributed by atoms with E-state index >= 15 is 0 Å². The van der Waals surface area contributed by atoms with Crippen LogP contribution >= 0.6 is 0 Å². The topological polar surface area (TPSA) is 49.0 Å². The molecule has 3 rings (SSSR count). The van der Waals surface area contributed by atoms with Crippen LogP contribution in [0.2, 0.25) is 0 Å². The van der Waals surface area contributed by atoms with Crippen molar-refractivity contribution in [3.63, 3.8) is 0 Å². The van der Waals surface area contributed by atoms with Crippen LogP contribution in [-0.2, 0) is 23.0 Å². The zero-order valence-corrected chi connectivity index (χ0v) is 15.8. The van der Waals surface area contributed by atoms with E-state index in [2.05, 4.69) is 29.2 Å². The summed E-state index contributed by atoms with van der Waals surface area (Å²) >= 11 is 0. The molecular formula is C20H25N4O2+. The summed E-state index contributed by atoms with van der Waals surface area (Å²) in [5.41, 5.74) is 4.49. The number of carbonyl (C=O) groups is 1. The molecule has 6 nitrogen and oxygen atoms in total. The summed E-state index contributed by atoms with van der Waals surface area (Å²) < 4.78 is 6.80. The van der Waals surface area contributed by atoms with Crippen LogP contribution in [0.5, 0.6) is 0 Å². The van der Waals surface area contributed by atoms with Crippen LogP contribution in [0.25, 0.3) is 0 Å². The van der Waals surface area contributed by atoms with Crippen molar-refractivity contribution in [2.75, 3.05) is 37.7 Å². The number of carbonyl (C=O) groups excluding carboxylic acids is 1. The highest BCUT2D eigenvalue weighted by Crippen LogP contribution is 2.29. The molecule has 0 saturated heterocycles. The van der Waals surface area contributed by atoms with Gasteiger partial charge in [-0.2, -0.15) is 9.67 Å². The first-order valence-corrected chi connectivity index (χ1v) is 8.71. The van der Waals surface area contributed by atoms with Crippen LogP contribution in [0.4, 0.5) is 11.4 Å². The lowest BCUT2D eigenvalue weighted by Gasteiger charge is -2.28. The largest absolute Gasteiger partial charge is 0.464 e. The molecule has 0 aliphatic carbocycles. The summed E-state index contributed by atoms with van der Waals surface area (Å²) in [4.78, 5) is 14.6. The van der Waals surface area contributed by atoms with E-state index in [1.54, 1.807) is 5.01 Å². The minimum Gasteiger partial charge on any atom is -0.464 e. The van der Waals surface area contributed by atoms with Crippen molar-refractivity contribution < 1.29 is 14.1 Å². The Labute approximate surface area is 154 Å². The predicted molar refractivity (Wildman–Crippen MR) is 103 cm³/mol. The molecular weight excluding hydrogens is 328 g/mol. The maximum atomic E-state index is 12.3. The number of rotatable bonds is 4. The molecule has 0 unspecified atom stereocenters. The second-order valence-electron chi connectivity index (χ2n) is 6.50. The maximum absolute atomic E-state index is 12.3. The third-order valence-electron chi connectivity index (χ3n) is 4.71. The third-order valence-corrected chi connectivity index (χ3v) is 4.71. The summed E-state index contributed by atoms with van der Waals surface area (Å²) in [6, 6.07) is 11.9. The Bertz CT molecular complexity index is 847. The average molecular weight is 353 g/mol. The molecule has 0 radical (unpaired) electrons. The van der Waals surface area contributed by atoms with Crippen molar-refractivity contribution in [3.05, 3.63) is 53.9 Å². The fourth-order valence-electron chi connectivity index (χ4n) is 3.24. The smallest absolute Gasteiger partial charge is 0.365 e. The van der Waals surface area contributed by atoms with Gasteiger partial charge in [-0.25, -0.2) is 4.79 Å². The summed E-state index contributed by atoms with van der Waals surface area (Å²) in [7, 11) is 7.21. The number of anilines is 2. The SMILES string of the molecule is COC(=O)C(=NN(C)c1ccc2c(c1)CCCN2C)c1cccc[n+]1C. The molecule has 0 fully saturated rings. The van der Waals surface area contributed by atoms with Crippen LogP contribution < -0.4 is 14.5 Å². The number of hydrogen-bond acceptors (Lipinski definition) is 5. The molecule has 1 aliphatic rings. The second kappa shape index (κ2) is 7.56. The number of fused-ring (bicyclic) bond motifs is 1. The monoisotopic (exact) mass is 353 g/mol. The highest BCUT2D eigenvalue weighted by molar-refractivity contribution is 6.42. The molecule has 1 aromatic heterocycles. The number of aromatic nitrogens is 1. The number of esters is 1. The molecule has 136 valence electrons. The third kappa shape index (κ3) is 3.54. The Kier molecular flexibility index (Phi) is 5.21. The normalized spacial score (nSPS) is 14.0. The van der Waals surface area contributed by atoms with Gasteiger partial charge in [0.1, 0.15) is 7.05 Å².